The molecule has 1 aromatic carbocycles. The normalized spacial score (nSPS) is 20.1. The molecule has 5 nitrogen and oxygen atoms in total. The smallest absolute Gasteiger partial charge is 0.152 e. The van der Waals surface area contributed by atoms with Gasteiger partial charge in [0.05, 0.1) is 0 Å². The summed E-state index contributed by atoms with van der Waals surface area (Å²) >= 11 is 0. The van der Waals surface area contributed by atoms with E-state index < -0.39 is 10.8 Å². The summed E-state index contributed by atoms with van der Waals surface area (Å²) in [4.78, 5) is 9.39. The van der Waals surface area contributed by atoms with Crippen LogP contribution in [0, 0.1) is 0 Å². The van der Waals surface area contributed by atoms with Gasteiger partial charge in [0.1, 0.15) is 12.2 Å². The first kappa shape index (κ1) is 17.9. The summed E-state index contributed by atoms with van der Waals surface area (Å²) in [5.74, 6) is 2.49. The Morgan fingerprint density at radius 3 is 2.77 bits per heavy atom. The summed E-state index contributed by atoms with van der Waals surface area (Å²) in [6.07, 6.45) is 1.84. The summed E-state index contributed by atoms with van der Waals surface area (Å²) in [5, 5.41) is 1.17. The topological polar surface area (TPSA) is 45.7 Å². The predicted molar refractivity (Wildman–Crippen MR) is 106 cm³/mol. The van der Waals surface area contributed by atoms with Crippen molar-refractivity contribution in [2.24, 2.45) is 0 Å². The molecule has 0 spiro atoms. The van der Waals surface area contributed by atoms with Gasteiger partial charge in [-0.1, -0.05) is 6.07 Å². The molecule has 0 atom stereocenters. The highest BCUT2D eigenvalue weighted by molar-refractivity contribution is 7.85. The third kappa shape index (κ3) is 3.50. The first-order valence-electron chi connectivity index (χ1n) is 9.26. The number of fused-ring (bicyclic) bond motifs is 3. The average Bonchev–Trinajstić information content (AvgIpc) is 2.62. The van der Waals surface area contributed by atoms with Crippen molar-refractivity contribution in [1.82, 2.24) is 14.8 Å². The molecule has 6 heteroatoms. The third-order valence-corrected chi connectivity index (χ3v) is 6.62. The van der Waals surface area contributed by atoms with E-state index in [1.54, 1.807) is 0 Å². The van der Waals surface area contributed by atoms with Crippen molar-refractivity contribution in [1.29, 1.82) is 0 Å². The van der Waals surface area contributed by atoms with E-state index in [0.717, 1.165) is 49.0 Å². The van der Waals surface area contributed by atoms with Crippen molar-refractivity contribution in [2.75, 3.05) is 31.3 Å². The molecule has 0 saturated carbocycles. The first-order valence-corrected chi connectivity index (χ1v) is 10.8. The number of rotatable bonds is 2. The summed E-state index contributed by atoms with van der Waals surface area (Å²) < 4.78 is 17.8. The highest BCUT2D eigenvalue weighted by Gasteiger charge is 2.29. The van der Waals surface area contributed by atoms with Gasteiger partial charge in [0.2, 0.25) is 0 Å². The zero-order valence-electron chi connectivity index (χ0n) is 15.8. The summed E-state index contributed by atoms with van der Waals surface area (Å²) in [6.45, 7) is 10.8. The van der Waals surface area contributed by atoms with Crippen molar-refractivity contribution in [3.8, 4) is 5.75 Å². The van der Waals surface area contributed by atoms with E-state index in [1.165, 1.54) is 16.5 Å². The van der Waals surface area contributed by atoms with Crippen molar-refractivity contribution >= 4 is 21.7 Å². The second kappa shape index (κ2) is 6.91. The van der Waals surface area contributed by atoms with Crippen molar-refractivity contribution < 1.29 is 8.95 Å². The van der Waals surface area contributed by atoms with Crippen LogP contribution in [-0.4, -0.2) is 55.9 Å². The van der Waals surface area contributed by atoms with Gasteiger partial charge < -0.3 is 4.74 Å². The Balaban J connectivity index is 1.70. The molecule has 0 unspecified atom stereocenters. The number of benzene rings is 1. The largest absolute Gasteiger partial charge is 0.475 e. The van der Waals surface area contributed by atoms with Gasteiger partial charge in [0.15, 0.2) is 5.75 Å². The molecule has 0 amide bonds. The zero-order chi connectivity index (χ0) is 18.3. The van der Waals surface area contributed by atoms with E-state index in [9.17, 15) is 4.21 Å². The fraction of sp³-hybridized carbons (Fsp3) is 0.550. The van der Waals surface area contributed by atoms with E-state index in [4.69, 9.17) is 4.74 Å². The molecule has 1 saturated heterocycles. The number of pyridine rings is 1. The fourth-order valence-electron chi connectivity index (χ4n) is 3.66. The molecule has 2 aromatic rings. The average molecular weight is 374 g/mol. The lowest BCUT2D eigenvalue weighted by molar-refractivity contribution is 0.0227. The molecule has 3 heterocycles. The molecule has 0 bridgehead atoms. The predicted octanol–water partition coefficient (Wildman–Crippen LogP) is 2.75. The van der Waals surface area contributed by atoms with Crippen LogP contribution in [0.3, 0.4) is 0 Å². The standard InChI is InChI=1S/C20H27N3O2S/c1-20(2,3)23-13-16-11-15(12-22-7-9-26(24)10-8-22)17-5-4-6-21-18(17)19(16)25-14-23/h4-6,11H,7-10,12-14H2,1-3H3. The Hall–Kier alpha value is -1.50. The van der Waals surface area contributed by atoms with Crippen LogP contribution >= 0.6 is 0 Å². The molecule has 4 rings (SSSR count). The lowest BCUT2D eigenvalue weighted by atomic mass is 9.99. The van der Waals surface area contributed by atoms with Gasteiger partial charge in [-0.3, -0.25) is 19.0 Å². The molecule has 0 radical (unpaired) electrons. The molecule has 2 aliphatic rings. The molecule has 1 fully saturated rings. The number of ether oxygens (including phenoxy) is 1. The van der Waals surface area contributed by atoms with Gasteiger partial charge in [0, 0.05) is 71.2 Å². The maximum atomic E-state index is 11.6. The van der Waals surface area contributed by atoms with Gasteiger partial charge in [-0.2, -0.15) is 0 Å². The molecular formula is C20H27N3O2S. The molecular weight excluding hydrogens is 346 g/mol. The number of nitrogens with zero attached hydrogens (tertiary/aromatic N) is 3. The quantitative estimate of drug-likeness (QED) is 0.810. The third-order valence-electron chi connectivity index (χ3n) is 5.35. The lowest BCUT2D eigenvalue weighted by Gasteiger charge is -2.39. The Labute approximate surface area is 157 Å². The maximum Gasteiger partial charge on any atom is 0.152 e. The monoisotopic (exact) mass is 373 g/mol. The van der Waals surface area contributed by atoms with Crippen LogP contribution in [-0.2, 0) is 23.9 Å². The van der Waals surface area contributed by atoms with E-state index >= 15 is 0 Å². The van der Waals surface area contributed by atoms with Gasteiger partial charge in [0.25, 0.3) is 0 Å². The maximum absolute atomic E-state index is 11.6. The Morgan fingerprint density at radius 1 is 1.27 bits per heavy atom. The molecule has 1 aromatic heterocycles. The van der Waals surface area contributed by atoms with Crippen molar-refractivity contribution in [3.63, 3.8) is 0 Å². The summed E-state index contributed by atoms with van der Waals surface area (Å²) in [6, 6.07) is 6.43. The minimum atomic E-state index is -0.643. The molecule has 2 aliphatic heterocycles. The van der Waals surface area contributed by atoms with Crippen LogP contribution in [0.5, 0.6) is 5.75 Å². The molecule has 26 heavy (non-hydrogen) atoms. The van der Waals surface area contributed by atoms with E-state index in [0.29, 0.717) is 6.73 Å². The second-order valence-electron chi connectivity index (χ2n) is 8.19. The van der Waals surface area contributed by atoms with Gasteiger partial charge in [-0.15, -0.1) is 0 Å². The lowest BCUT2D eigenvalue weighted by Crippen LogP contribution is -2.45. The second-order valence-corrected chi connectivity index (χ2v) is 9.89. The van der Waals surface area contributed by atoms with Crippen molar-refractivity contribution in [2.45, 2.75) is 39.4 Å². The fourth-order valence-corrected chi connectivity index (χ4v) is 4.79. The van der Waals surface area contributed by atoms with Crippen LogP contribution in [0.4, 0.5) is 0 Å². The van der Waals surface area contributed by atoms with E-state index in [1.807, 2.05) is 12.3 Å². The van der Waals surface area contributed by atoms with Crippen LogP contribution in [0.1, 0.15) is 31.9 Å². The van der Waals surface area contributed by atoms with Crippen LogP contribution < -0.4 is 4.74 Å². The van der Waals surface area contributed by atoms with Crippen molar-refractivity contribution in [3.05, 3.63) is 35.5 Å². The number of hydrogen-bond donors (Lipinski definition) is 0. The summed E-state index contributed by atoms with van der Waals surface area (Å²) in [7, 11) is -0.643. The minimum absolute atomic E-state index is 0.0634. The van der Waals surface area contributed by atoms with Gasteiger partial charge in [-0.25, -0.2) is 0 Å². The minimum Gasteiger partial charge on any atom is -0.475 e. The van der Waals surface area contributed by atoms with Crippen LogP contribution in [0.15, 0.2) is 24.4 Å². The first-order chi connectivity index (χ1) is 12.4. The SMILES string of the molecule is CC(C)(C)N1COc2c(cc(CN3CCS(=O)CC3)c3cccnc23)C1. The number of aromatic nitrogens is 1. The highest BCUT2D eigenvalue weighted by Crippen LogP contribution is 2.36. The van der Waals surface area contributed by atoms with Crippen LogP contribution in [0.2, 0.25) is 0 Å². The van der Waals surface area contributed by atoms with E-state index in [-0.39, 0.29) is 5.54 Å². The van der Waals surface area contributed by atoms with E-state index in [2.05, 4.69) is 47.7 Å². The molecule has 0 N–H and O–H groups in total. The highest BCUT2D eigenvalue weighted by atomic mass is 32.2. The Kier molecular flexibility index (Phi) is 4.75. The Bertz CT molecular complexity index is 837. The van der Waals surface area contributed by atoms with Crippen LogP contribution in [0.25, 0.3) is 10.9 Å². The van der Waals surface area contributed by atoms with Gasteiger partial charge in [-0.05, 0) is 38.5 Å². The Morgan fingerprint density at radius 2 is 2.04 bits per heavy atom. The number of hydrogen-bond acceptors (Lipinski definition) is 5. The molecule has 0 aliphatic carbocycles. The zero-order valence-corrected chi connectivity index (χ0v) is 16.6. The van der Waals surface area contributed by atoms with Gasteiger partial charge >= 0.3 is 0 Å². The molecule has 140 valence electrons. The summed E-state index contributed by atoms with van der Waals surface area (Å²) in [5.41, 5.74) is 3.54.